The fraction of sp³-hybridized carbons (Fsp3) is 0.450. The molecule has 1 aliphatic rings. The number of nitrogen functional groups attached to an aromatic ring is 1. The van der Waals surface area contributed by atoms with Crippen molar-refractivity contribution in [3.8, 4) is 17.0 Å². The van der Waals surface area contributed by atoms with Crippen LogP contribution in [0, 0.1) is 6.92 Å². The van der Waals surface area contributed by atoms with Crippen LogP contribution in [0.2, 0.25) is 10.0 Å². The number of halogens is 2. The Bertz CT molecular complexity index is 903. The number of aromatic nitrogens is 2. The van der Waals surface area contributed by atoms with Gasteiger partial charge in [0, 0.05) is 11.1 Å². The molecule has 29 heavy (non-hydrogen) atoms. The molecule has 0 aliphatic heterocycles. The second-order valence-corrected chi connectivity index (χ2v) is 7.91. The van der Waals surface area contributed by atoms with Crippen LogP contribution in [0.25, 0.3) is 11.3 Å². The monoisotopic (exact) mass is 437 g/mol. The third kappa shape index (κ3) is 5.22. The van der Waals surface area contributed by atoms with E-state index in [0.717, 1.165) is 31.2 Å². The summed E-state index contributed by atoms with van der Waals surface area (Å²) in [6, 6.07) is 3.39. The van der Waals surface area contributed by atoms with E-state index in [1.165, 1.54) is 0 Å². The van der Waals surface area contributed by atoms with E-state index in [0.29, 0.717) is 39.4 Å². The lowest BCUT2D eigenvalue weighted by Crippen LogP contribution is -2.45. The second-order valence-electron chi connectivity index (χ2n) is 7.07. The predicted octanol–water partition coefficient (Wildman–Crippen LogP) is 4.48. The molecule has 0 saturated heterocycles. The first kappa shape index (κ1) is 21.5. The van der Waals surface area contributed by atoms with Gasteiger partial charge in [0.2, 0.25) is 5.95 Å². The van der Waals surface area contributed by atoms with Gasteiger partial charge in [0.1, 0.15) is 5.75 Å². The lowest BCUT2D eigenvalue weighted by atomic mass is 9.93. The number of carbonyl (C=O) groups excluding carboxylic acids is 1. The first-order chi connectivity index (χ1) is 13.9. The van der Waals surface area contributed by atoms with Gasteiger partial charge in [-0.2, -0.15) is 0 Å². The molecule has 2 aromatic rings. The van der Waals surface area contributed by atoms with E-state index in [9.17, 15) is 4.79 Å². The van der Waals surface area contributed by atoms with Crippen molar-refractivity contribution in [2.45, 2.75) is 52.1 Å². The van der Waals surface area contributed by atoms with Crippen molar-refractivity contribution in [3.63, 3.8) is 0 Å². The molecule has 0 unspecified atom stereocenters. The van der Waals surface area contributed by atoms with Crippen LogP contribution in [0.1, 0.15) is 43.9 Å². The average molecular weight is 438 g/mol. The van der Waals surface area contributed by atoms with E-state index in [1.807, 2.05) is 13.8 Å². The molecule has 1 saturated carbocycles. The molecule has 4 N–H and O–H groups in total. The van der Waals surface area contributed by atoms with Crippen LogP contribution in [0.15, 0.2) is 12.1 Å². The Balaban J connectivity index is 1.89. The Labute approximate surface area is 180 Å². The van der Waals surface area contributed by atoms with Gasteiger partial charge in [0.05, 0.1) is 35.1 Å². The normalized spacial score (nSPS) is 13.7. The number of nitrogens with one attached hydrogen (secondary N) is 2. The Kier molecular flexibility index (Phi) is 7.03. The van der Waals surface area contributed by atoms with Crippen molar-refractivity contribution in [1.29, 1.82) is 0 Å². The third-order valence-electron chi connectivity index (χ3n) is 4.84. The van der Waals surface area contributed by atoms with Crippen LogP contribution in [0.3, 0.4) is 0 Å². The van der Waals surface area contributed by atoms with Gasteiger partial charge in [0.15, 0.2) is 0 Å². The van der Waals surface area contributed by atoms with Gasteiger partial charge in [-0.3, -0.25) is 0 Å². The fourth-order valence-corrected chi connectivity index (χ4v) is 3.62. The van der Waals surface area contributed by atoms with Crippen LogP contribution in [0.5, 0.6) is 5.75 Å². The number of amides is 2. The largest absolute Gasteiger partial charge is 0.493 e. The summed E-state index contributed by atoms with van der Waals surface area (Å²) in [5.41, 5.74) is 8.49. The van der Waals surface area contributed by atoms with Crippen LogP contribution >= 0.6 is 23.2 Å². The number of anilines is 1. The highest BCUT2D eigenvalue weighted by molar-refractivity contribution is 6.37. The summed E-state index contributed by atoms with van der Waals surface area (Å²) < 4.78 is 5.85. The standard InChI is InChI=1S/C20H25Cl2N5O2/c1-3-7-29-16-9-12(21)8-14(22)17(16)18-11(2)15(26-19(23)27-18)10-24-20(28)25-13-5-4-6-13/h8-9,13H,3-7,10H2,1-2H3,(H2,23,26,27)(H2,24,25,28). The minimum Gasteiger partial charge on any atom is -0.493 e. The van der Waals surface area contributed by atoms with E-state index in [4.69, 9.17) is 33.7 Å². The van der Waals surface area contributed by atoms with E-state index >= 15 is 0 Å². The second kappa shape index (κ2) is 9.50. The number of rotatable bonds is 7. The topological polar surface area (TPSA) is 102 Å². The zero-order chi connectivity index (χ0) is 21.0. The van der Waals surface area contributed by atoms with Gasteiger partial charge >= 0.3 is 6.03 Å². The molecule has 1 aromatic heterocycles. The lowest BCUT2D eigenvalue weighted by Gasteiger charge is -2.26. The number of benzene rings is 1. The van der Waals surface area contributed by atoms with Crippen molar-refractivity contribution >= 4 is 35.2 Å². The van der Waals surface area contributed by atoms with Crippen molar-refractivity contribution in [3.05, 3.63) is 33.4 Å². The Hall–Kier alpha value is -2.25. The molecule has 3 rings (SSSR count). The van der Waals surface area contributed by atoms with E-state index < -0.39 is 0 Å². The maximum Gasteiger partial charge on any atom is 0.315 e. The number of nitrogens with zero attached hydrogens (tertiary/aromatic N) is 2. The molecule has 9 heteroatoms. The van der Waals surface area contributed by atoms with Crippen molar-refractivity contribution in [1.82, 2.24) is 20.6 Å². The molecule has 0 bridgehead atoms. The first-order valence-electron chi connectivity index (χ1n) is 9.68. The minimum atomic E-state index is -0.218. The molecule has 156 valence electrons. The molecule has 1 fully saturated rings. The molecule has 1 aliphatic carbocycles. The van der Waals surface area contributed by atoms with E-state index in [2.05, 4.69) is 20.6 Å². The highest BCUT2D eigenvalue weighted by Crippen LogP contribution is 2.40. The quantitative estimate of drug-likeness (QED) is 0.592. The summed E-state index contributed by atoms with van der Waals surface area (Å²) in [5.74, 6) is 0.626. The summed E-state index contributed by atoms with van der Waals surface area (Å²) in [6.07, 6.45) is 4.03. The summed E-state index contributed by atoms with van der Waals surface area (Å²) in [6.45, 7) is 4.61. The summed E-state index contributed by atoms with van der Waals surface area (Å²) >= 11 is 12.6. The van der Waals surface area contributed by atoms with Crippen LogP contribution in [-0.4, -0.2) is 28.6 Å². The Morgan fingerprint density at radius 3 is 2.72 bits per heavy atom. The molecule has 0 spiro atoms. The number of urea groups is 1. The summed E-state index contributed by atoms with van der Waals surface area (Å²) in [7, 11) is 0. The van der Waals surface area contributed by atoms with Crippen LogP contribution in [0.4, 0.5) is 10.7 Å². The number of ether oxygens (including phenoxy) is 1. The smallest absolute Gasteiger partial charge is 0.315 e. The minimum absolute atomic E-state index is 0.0919. The van der Waals surface area contributed by atoms with Crippen LogP contribution < -0.4 is 21.1 Å². The highest BCUT2D eigenvalue weighted by Gasteiger charge is 2.21. The maximum absolute atomic E-state index is 12.1. The van der Waals surface area contributed by atoms with Gasteiger partial charge in [-0.15, -0.1) is 0 Å². The van der Waals surface area contributed by atoms with Crippen LogP contribution in [-0.2, 0) is 6.54 Å². The SMILES string of the molecule is CCCOc1cc(Cl)cc(Cl)c1-c1nc(N)nc(CNC(=O)NC2CCC2)c1C. The van der Waals surface area contributed by atoms with Gasteiger partial charge < -0.3 is 21.1 Å². The van der Waals surface area contributed by atoms with Crippen molar-refractivity contribution in [2.75, 3.05) is 12.3 Å². The molecule has 2 amide bonds. The molecule has 7 nitrogen and oxygen atoms in total. The molecule has 0 atom stereocenters. The van der Waals surface area contributed by atoms with Gasteiger partial charge in [-0.05, 0) is 50.3 Å². The lowest BCUT2D eigenvalue weighted by molar-refractivity contribution is 0.228. The summed E-state index contributed by atoms with van der Waals surface area (Å²) in [5, 5.41) is 6.65. The highest BCUT2D eigenvalue weighted by atomic mass is 35.5. The van der Waals surface area contributed by atoms with Gasteiger partial charge in [-0.1, -0.05) is 30.1 Å². The molecule has 1 aromatic carbocycles. The Morgan fingerprint density at radius 1 is 1.31 bits per heavy atom. The average Bonchev–Trinajstić information content (AvgIpc) is 2.63. The molecular weight excluding hydrogens is 413 g/mol. The maximum atomic E-state index is 12.1. The summed E-state index contributed by atoms with van der Waals surface area (Å²) in [4.78, 5) is 20.8. The molecule has 1 heterocycles. The predicted molar refractivity (Wildman–Crippen MR) is 115 cm³/mol. The molecule has 0 radical (unpaired) electrons. The van der Waals surface area contributed by atoms with Gasteiger partial charge in [-0.25, -0.2) is 14.8 Å². The number of hydrogen-bond acceptors (Lipinski definition) is 5. The van der Waals surface area contributed by atoms with Gasteiger partial charge in [0.25, 0.3) is 0 Å². The zero-order valence-electron chi connectivity index (χ0n) is 16.5. The van der Waals surface area contributed by atoms with E-state index in [1.54, 1.807) is 12.1 Å². The van der Waals surface area contributed by atoms with E-state index in [-0.39, 0.29) is 24.6 Å². The number of hydrogen-bond donors (Lipinski definition) is 3. The third-order valence-corrected chi connectivity index (χ3v) is 5.35. The zero-order valence-corrected chi connectivity index (χ0v) is 18.0. The molecular formula is C20H25Cl2N5O2. The number of nitrogens with two attached hydrogens (primary N) is 1. The van der Waals surface area contributed by atoms with Crippen molar-refractivity contribution < 1.29 is 9.53 Å². The number of carbonyl (C=O) groups is 1. The van der Waals surface area contributed by atoms with Crippen molar-refractivity contribution in [2.24, 2.45) is 0 Å². The fourth-order valence-electron chi connectivity index (χ4n) is 3.06. The first-order valence-corrected chi connectivity index (χ1v) is 10.4. The Morgan fingerprint density at radius 2 is 2.07 bits per heavy atom.